The van der Waals surface area contributed by atoms with E-state index in [0.29, 0.717) is 75.5 Å². The second-order valence-electron chi connectivity index (χ2n) is 28.3. The minimum absolute atomic E-state index is 0.0976. The predicted molar refractivity (Wildman–Crippen MR) is 290 cm³/mol. The van der Waals surface area contributed by atoms with Gasteiger partial charge in [-0.2, -0.15) is 0 Å². The van der Waals surface area contributed by atoms with Crippen LogP contribution in [0.4, 0.5) is 0 Å². The molecule has 1 heterocycles. The number of ether oxygens (including phenoxy) is 1. The number of nitrogens with one attached hydrogen (secondary N) is 1. The largest absolute Gasteiger partial charge is 0.454 e. The molecular formula is C67H85NO8. The first-order valence-corrected chi connectivity index (χ1v) is 30.6. The minimum Gasteiger partial charge on any atom is -0.454 e. The van der Waals surface area contributed by atoms with Crippen LogP contribution in [0, 0.1) is 98.6 Å². The van der Waals surface area contributed by atoms with E-state index in [-0.39, 0.29) is 54.6 Å². The SMILES string of the molecule is CN[C@H]1Cc2c(cccc2CO)C#CC2(CCCC2)C[C@]23CC[C@H]4[C@@](O)(C[C@H]5C[C@@H]6[C@H](C=CC[C@@H]6C6CCCC6)C[C@@H]6[C@@H](O)[C@@]7(CC[C@@H](CCc8ccccc8)C7)C[C@@]4(C=O)[C@]56O)[C@@]2(O)C[C@@H]2C[C@@H]1[C@H]1OC(=O)C=C1[C@@H]23. The van der Waals surface area contributed by atoms with Crippen molar-refractivity contribution in [2.24, 2.45) is 86.8 Å². The maximum absolute atomic E-state index is 15.4. The number of hydrogen-bond donors (Lipinski definition) is 6. The lowest BCUT2D eigenvalue weighted by molar-refractivity contribution is -0.356. The fourth-order valence-electron chi connectivity index (χ4n) is 22.8. The Bertz CT molecular complexity index is 2750. The molecule has 9 nitrogen and oxygen atoms in total. The molecule has 1 aliphatic heterocycles. The number of rotatable bonds is 7. The Labute approximate surface area is 451 Å². The molecule has 406 valence electrons. The van der Waals surface area contributed by atoms with Crippen LogP contribution in [0.5, 0.6) is 0 Å². The molecular weight excluding hydrogens is 947 g/mol. The fraction of sp³-hybridized carbons (Fsp3) is 0.701. The lowest BCUT2D eigenvalue weighted by atomic mass is 9.33. The van der Waals surface area contributed by atoms with E-state index in [0.717, 1.165) is 92.8 Å². The normalized spacial score (nSPS) is 47.4. The highest BCUT2D eigenvalue weighted by molar-refractivity contribution is 5.86. The monoisotopic (exact) mass is 1030 g/mol. The summed E-state index contributed by atoms with van der Waals surface area (Å²) < 4.78 is 6.49. The Morgan fingerprint density at radius 2 is 1.66 bits per heavy atom. The van der Waals surface area contributed by atoms with E-state index in [4.69, 9.17) is 4.74 Å². The molecule has 0 unspecified atom stereocenters. The van der Waals surface area contributed by atoms with Gasteiger partial charge in [0.2, 0.25) is 0 Å². The van der Waals surface area contributed by atoms with E-state index in [2.05, 4.69) is 65.7 Å². The van der Waals surface area contributed by atoms with Crippen LogP contribution in [-0.4, -0.2) is 79.9 Å². The fourth-order valence-corrected chi connectivity index (χ4v) is 22.8. The van der Waals surface area contributed by atoms with E-state index in [1.807, 2.05) is 19.2 Å². The van der Waals surface area contributed by atoms with E-state index in [9.17, 15) is 20.1 Å². The van der Waals surface area contributed by atoms with Gasteiger partial charge >= 0.3 is 5.97 Å². The van der Waals surface area contributed by atoms with E-state index < -0.39 is 68.4 Å². The molecule has 3 spiro atoms. The standard InChI is InChI=1S/C67H85NO8/c1-68-55-32-50-44(15-9-17-46(50)37-69)22-26-61(24-7-8-25-61)38-63-28-23-56-64(40-70)39-62(27-21-42(34-62)20-19-41-11-3-2-4-12-41)60(72)54-30-45-16-10-18-49(43-13-5-6-14-43)51(45)31-48(67(54,64)75)36-65(56,73)66(63,74)35-47-29-52(55)59-53(58(47)63)33-57(71)76-59/h2-4,9-12,15-17,33,40,42-43,45,47-49,51-52,54-56,58-60,68-69,72-75H,5-8,13-14,18-21,23-25,27-32,34-39H2,1H3/t42-,45-,47+,48-,49-,51-,52+,54-,55+,56-,58-,59-,60-,62-,63+,64+,65+,66-,67+/m1/s1. The van der Waals surface area contributed by atoms with Gasteiger partial charge in [-0.15, -0.1) is 0 Å². The smallest absolute Gasteiger partial charge is 0.331 e. The van der Waals surface area contributed by atoms with Crippen molar-refractivity contribution < 1.29 is 39.9 Å². The first-order valence-electron chi connectivity index (χ1n) is 30.6. The van der Waals surface area contributed by atoms with Gasteiger partial charge in [0.15, 0.2) is 0 Å². The average Bonchev–Trinajstić information content (AvgIpc) is 4.38. The van der Waals surface area contributed by atoms with E-state index in [1.165, 1.54) is 31.2 Å². The third kappa shape index (κ3) is 6.98. The maximum Gasteiger partial charge on any atom is 0.331 e. The predicted octanol–water partition coefficient (Wildman–Crippen LogP) is 9.52. The van der Waals surface area contributed by atoms with Crippen molar-refractivity contribution in [2.45, 2.75) is 196 Å². The van der Waals surface area contributed by atoms with Gasteiger partial charge in [0, 0.05) is 46.3 Å². The number of carbonyl (C=O) groups is 2. The summed E-state index contributed by atoms with van der Waals surface area (Å²) in [6.07, 6.45) is 25.4. The van der Waals surface area contributed by atoms with Crippen molar-refractivity contribution in [2.75, 3.05) is 7.05 Å². The number of allylic oxidation sites excluding steroid dienone is 2. The van der Waals surface area contributed by atoms with Gasteiger partial charge < -0.3 is 40.4 Å². The Morgan fingerprint density at radius 1 is 0.842 bits per heavy atom. The van der Waals surface area contributed by atoms with E-state index in [1.54, 1.807) is 6.08 Å². The lowest BCUT2D eigenvalue weighted by Crippen LogP contribution is -2.82. The Hall–Kier alpha value is -3.62. The van der Waals surface area contributed by atoms with Crippen LogP contribution in [0.15, 0.2) is 72.3 Å². The molecule has 9 saturated carbocycles. The highest BCUT2D eigenvalue weighted by Gasteiger charge is 2.85. The van der Waals surface area contributed by atoms with Crippen molar-refractivity contribution in [1.29, 1.82) is 0 Å². The summed E-state index contributed by atoms with van der Waals surface area (Å²) in [5.74, 6) is 6.81. The molecule has 0 amide bonds. The molecule has 9 fully saturated rings. The van der Waals surface area contributed by atoms with Crippen LogP contribution in [0.25, 0.3) is 0 Å². The summed E-state index contributed by atoms with van der Waals surface area (Å²) in [5.41, 5.74) is -3.44. The quantitative estimate of drug-likeness (QED) is 0.0689. The van der Waals surface area contributed by atoms with Crippen LogP contribution in [0.3, 0.4) is 0 Å². The van der Waals surface area contributed by atoms with Crippen molar-refractivity contribution in [3.8, 4) is 11.8 Å². The molecule has 4 bridgehead atoms. The van der Waals surface area contributed by atoms with Crippen LogP contribution in [-0.2, 0) is 33.8 Å². The zero-order valence-electron chi connectivity index (χ0n) is 45.1. The van der Waals surface area contributed by atoms with Gasteiger partial charge in [-0.1, -0.05) is 105 Å². The van der Waals surface area contributed by atoms with Gasteiger partial charge in [0.25, 0.3) is 0 Å². The van der Waals surface area contributed by atoms with Crippen molar-refractivity contribution in [3.63, 3.8) is 0 Å². The number of benzene rings is 2. The molecule has 9 heteroatoms. The number of aliphatic hydroxyl groups is 5. The third-order valence-electron chi connectivity index (χ3n) is 25.6. The van der Waals surface area contributed by atoms with Crippen molar-refractivity contribution >= 4 is 12.3 Å². The Balaban J connectivity index is 0.944. The summed E-state index contributed by atoms with van der Waals surface area (Å²) in [7, 11) is 1.97. The lowest BCUT2D eigenvalue weighted by Gasteiger charge is -2.74. The second kappa shape index (κ2) is 18.2. The number of aldehydes is 1. The second-order valence-corrected chi connectivity index (χ2v) is 28.3. The van der Waals surface area contributed by atoms with Gasteiger partial charge in [-0.25, -0.2) is 4.79 Å². The summed E-state index contributed by atoms with van der Waals surface area (Å²) in [6, 6.07) is 16.6. The van der Waals surface area contributed by atoms with Crippen molar-refractivity contribution in [3.05, 3.63) is 94.6 Å². The van der Waals surface area contributed by atoms with E-state index >= 15 is 15.0 Å². The Morgan fingerprint density at radius 3 is 2.43 bits per heavy atom. The van der Waals surface area contributed by atoms with Gasteiger partial charge in [0.05, 0.1) is 29.3 Å². The first kappa shape index (κ1) is 50.6. The van der Waals surface area contributed by atoms with Gasteiger partial charge in [-0.3, -0.25) is 0 Å². The number of aliphatic hydroxyl groups excluding tert-OH is 2. The molecule has 6 N–H and O–H groups in total. The molecule has 13 aliphatic rings. The molecule has 2 aromatic rings. The zero-order valence-corrected chi connectivity index (χ0v) is 45.1. The molecule has 12 aliphatic carbocycles. The molecule has 0 aromatic heterocycles. The molecule has 76 heavy (non-hydrogen) atoms. The van der Waals surface area contributed by atoms with Crippen LogP contribution in [0.2, 0.25) is 0 Å². The van der Waals surface area contributed by atoms with Gasteiger partial charge in [0.1, 0.15) is 18.0 Å². The highest BCUT2D eigenvalue weighted by atomic mass is 16.5. The van der Waals surface area contributed by atoms with Crippen molar-refractivity contribution in [1.82, 2.24) is 5.32 Å². The number of fused-ring (bicyclic) bond motifs is 5. The number of aryl methyl sites for hydroxylation is 1. The summed E-state index contributed by atoms with van der Waals surface area (Å²) >= 11 is 0. The molecule has 15 rings (SSSR count). The number of esters is 1. The molecule has 0 radical (unpaired) electrons. The van der Waals surface area contributed by atoms with Crippen LogP contribution >= 0.6 is 0 Å². The summed E-state index contributed by atoms with van der Waals surface area (Å²) in [4.78, 5) is 29.4. The molecule has 0 saturated heterocycles. The number of hydrogen-bond acceptors (Lipinski definition) is 9. The minimum atomic E-state index is -1.77. The van der Waals surface area contributed by atoms with Gasteiger partial charge in [-0.05, 0) is 204 Å². The number of likely N-dealkylation sites (N-methyl/N-ethyl adjacent to an activating group) is 1. The number of carbonyl (C=O) groups excluding carboxylic acids is 2. The topological polar surface area (TPSA) is 157 Å². The summed E-state index contributed by atoms with van der Waals surface area (Å²) in [5, 5.41) is 72.8. The molecule has 2 aromatic carbocycles. The van der Waals surface area contributed by atoms with Crippen LogP contribution < -0.4 is 5.32 Å². The molecule has 19 atom stereocenters. The highest BCUT2D eigenvalue weighted by Crippen LogP contribution is 2.80. The van der Waals surface area contributed by atoms with Crippen LogP contribution in [0.1, 0.15) is 164 Å². The third-order valence-corrected chi connectivity index (χ3v) is 25.6. The Kier molecular flexibility index (Phi) is 12.1. The average molecular weight is 1030 g/mol. The summed E-state index contributed by atoms with van der Waals surface area (Å²) in [6.45, 7) is -0.103. The zero-order chi connectivity index (χ0) is 52.0. The maximum atomic E-state index is 15.4. The first-order chi connectivity index (χ1) is 36.8.